The van der Waals surface area contributed by atoms with Gasteiger partial charge in [-0.3, -0.25) is 9.59 Å². The molecule has 0 atom stereocenters. The van der Waals surface area contributed by atoms with E-state index in [-0.39, 0.29) is 17.9 Å². The van der Waals surface area contributed by atoms with Crippen LogP contribution in [0.3, 0.4) is 0 Å². The Bertz CT molecular complexity index is 1380. The van der Waals surface area contributed by atoms with E-state index < -0.39 is 0 Å². The second-order valence-corrected chi connectivity index (χ2v) is 8.39. The summed E-state index contributed by atoms with van der Waals surface area (Å²) >= 11 is 1.60. The second kappa shape index (κ2) is 7.39. The van der Waals surface area contributed by atoms with Crippen molar-refractivity contribution in [3.63, 3.8) is 0 Å². The first-order valence-electron chi connectivity index (χ1n) is 9.70. The average molecular weight is 414 g/mol. The predicted octanol–water partition coefficient (Wildman–Crippen LogP) is 4.42. The van der Waals surface area contributed by atoms with Gasteiger partial charge >= 0.3 is 0 Å². The Morgan fingerprint density at radius 2 is 1.53 bits per heavy atom. The van der Waals surface area contributed by atoms with E-state index in [1.54, 1.807) is 23.3 Å². The lowest BCUT2D eigenvalue weighted by Crippen LogP contribution is -2.30. The van der Waals surface area contributed by atoms with E-state index in [9.17, 15) is 9.59 Å². The normalized spacial score (nSPS) is 11.4. The van der Waals surface area contributed by atoms with Crippen LogP contribution in [0.4, 0.5) is 0 Å². The van der Waals surface area contributed by atoms with Crippen LogP contribution in [0, 0.1) is 0 Å². The SMILES string of the molecule is CN(Cc1nc2ccccc2s1)C(=O)Cn1c2ccccc2c(=O)c2ccccc21. The molecule has 3 aromatic carbocycles. The number of pyridine rings is 1. The summed E-state index contributed by atoms with van der Waals surface area (Å²) in [4.78, 5) is 32.3. The highest BCUT2D eigenvalue weighted by atomic mass is 32.1. The van der Waals surface area contributed by atoms with Gasteiger partial charge in [0.2, 0.25) is 5.91 Å². The molecule has 0 aliphatic heterocycles. The van der Waals surface area contributed by atoms with Gasteiger partial charge in [0.25, 0.3) is 0 Å². The lowest BCUT2D eigenvalue weighted by molar-refractivity contribution is -0.130. The highest BCUT2D eigenvalue weighted by Crippen LogP contribution is 2.23. The third kappa shape index (κ3) is 3.15. The lowest BCUT2D eigenvalue weighted by Gasteiger charge is -2.19. The molecule has 148 valence electrons. The van der Waals surface area contributed by atoms with Crippen LogP contribution in [0.5, 0.6) is 0 Å². The minimum Gasteiger partial charge on any atom is -0.337 e. The van der Waals surface area contributed by atoms with E-state index in [0.717, 1.165) is 26.3 Å². The molecule has 0 spiro atoms. The predicted molar refractivity (Wildman–Crippen MR) is 122 cm³/mol. The van der Waals surface area contributed by atoms with E-state index in [4.69, 9.17) is 0 Å². The zero-order valence-electron chi connectivity index (χ0n) is 16.4. The average Bonchev–Trinajstić information content (AvgIpc) is 3.18. The maximum atomic E-state index is 13.1. The number of nitrogens with zero attached hydrogens (tertiary/aromatic N) is 3. The molecule has 5 nitrogen and oxygen atoms in total. The molecular formula is C24H19N3O2S. The standard InChI is InChI=1S/C24H19N3O2S/c1-26(14-22-25-18-10-4-7-13-21(18)30-22)23(28)15-27-19-11-5-2-8-16(19)24(29)17-9-3-6-12-20(17)27/h2-13H,14-15H2,1H3. The third-order valence-electron chi connectivity index (χ3n) is 5.31. The van der Waals surface area contributed by atoms with Gasteiger partial charge in [-0.25, -0.2) is 4.98 Å². The number of rotatable bonds is 4. The maximum Gasteiger partial charge on any atom is 0.242 e. The van der Waals surface area contributed by atoms with Gasteiger partial charge in [-0.15, -0.1) is 11.3 Å². The van der Waals surface area contributed by atoms with Crippen LogP contribution in [0.2, 0.25) is 0 Å². The monoisotopic (exact) mass is 413 g/mol. The number of amides is 1. The first-order chi connectivity index (χ1) is 14.6. The molecule has 0 fully saturated rings. The van der Waals surface area contributed by atoms with Crippen molar-refractivity contribution in [1.82, 2.24) is 14.5 Å². The molecule has 0 bridgehead atoms. The van der Waals surface area contributed by atoms with Gasteiger partial charge < -0.3 is 9.47 Å². The smallest absolute Gasteiger partial charge is 0.242 e. The molecule has 0 aliphatic carbocycles. The summed E-state index contributed by atoms with van der Waals surface area (Å²) in [5.74, 6) is -0.0341. The van der Waals surface area contributed by atoms with Crippen molar-refractivity contribution < 1.29 is 4.79 Å². The molecule has 0 N–H and O–H groups in total. The molecule has 2 aromatic heterocycles. The van der Waals surface area contributed by atoms with Crippen LogP contribution >= 0.6 is 11.3 Å². The van der Waals surface area contributed by atoms with Crippen molar-refractivity contribution in [3.8, 4) is 0 Å². The highest BCUT2D eigenvalue weighted by molar-refractivity contribution is 7.18. The summed E-state index contributed by atoms with van der Waals surface area (Å²) in [5.41, 5.74) is 2.48. The number of hydrogen-bond donors (Lipinski definition) is 0. The summed E-state index contributed by atoms with van der Waals surface area (Å²) in [6.45, 7) is 0.608. The molecule has 30 heavy (non-hydrogen) atoms. The third-order valence-corrected chi connectivity index (χ3v) is 6.33. The molecule has 6 heteroatoms. The number of carbonyl (C=O) groups is 1. The van der Waals surface area contributed by atoms with E-state index in [0.29, 0.717) is 17.3 Å². The van der Waals surface area contributed by atoms with Crippen molar-refractivity contribution in [1.29, 1.82) is 0 Å². The fraction of sp³-hybridized carbons (Fsp3) is 0.125. The molecule has 0 saturated heterocycles. The summed E-state index contributed by atoms with van der Waals surface area (Å²) in [6, 6.07) is 22.9. The topological polar surface area (TPSA) is 55.2 Å². The van der Waals surface area contributed by atoms with Crippen LogP contribution in [0.25, 0.3) is 32.0 Å². The molecule has 1 amide bonds. The molecule has 5 aromatic rings. The van der Waals surface area contributed by atoms with Crippen molar-refractivity contribution in [2.75, 3.05) is 7.05 Å². The Labute approximate surface area is 176 Å². The number of benzene rings is 3. The number of likely N-dealkylation sites (N-methyl/N-ethyl adjacent to an activating group) is 1. The largest absolute Gasteiger partial charge is 0.337 e. The van der Waals surface area contributed by atoms with E-state index in [2.05, 4.69) is 4.98 Å². The summed E-state index contributed by atoms with van der Waals surface area (Å²) in [6.07, 6.45) is 0. The fourth-order valence-corrected chi connectivity index (χ4v) is 4.80. The van der Waals surface area contributed by atoms with Crippen molar-refractivity contribution in [2.45, 2.75) is 13.1 Å². The molecular weight excluding hydrogens is 394 g/mol. The van der Waals surface area contributed by atoms with Gasteiger partial charge in [-0.2, -0.15) is 0 Å². The second-order valence-electron chi connectivity index (χ2n) is 7.27. The van der Waals surface area contributed by atoms with E-state index in [1.807, 2.05) is 77.4 Å². The molecule has 2 heterocycles. The van der Waals surface area contributed by atoms with Crippen LogP contribution in [-0.4, -0.2) is 27.4 Å². The van der Waals surface area contributed by atoms with Crippen molar-refractivity contribution in [2.24, 2.45) is 0 Å². The maximum absolute atomic E-state index is 13.1. The Morgan fingerprint density at radius 3 is 2.20 bits per heavy atom. The van der Waals surface area contributed by atoms with Crippen LogP contribution in [0.1, 0.15) is 5.01 Å². The Kier molecular flexibility index (Phi) is 4.56. The number of fused-ring (bicyclic) bond motifs is 3. The lowest BCUT2D eigenvalue weighted by atomic mass is 10.1. The van der Waals surface area contributed by atoms with Gasteiger partial charge in [0, 0.05) is 17.8 Å². The minimum atomic E-state index is -0.0341. The summed E-state index contributed by atoms with van der Waals surface area (Å²) in [7, 11) is 1.79. The number of aromatic nitrogens is 2. The summed E-state index contributed by atoms with van der Waals surface area (Å²) < 4.78 is 3.05. The Hall–Kier alpha value is -3.51. The van der Waals surface area contributed by atoms with Crippen LogP contribution in [-0.2, 0) is 17.9 Å². The van der Waals surface area contributed by atoms with Crippen LogP contribution < -0.4 is 5.43 Å². The summed E-state index contributed by atoms with van der Waals surface area (Å²) in [5, 5.41) is 2.15. The Balaban J connectivity index is 1.50. The van der Waals surface area contributed by atoms with E-state index in [1.165, 1.54) is 0 Å². The van der Waals surface area contributed by atoms with Crippen molar-refractivity contribution >= 4 is 49.3 Å². The van der Waals surface area contributed by atoms with Gasteiger partial charge in [0.15, 0.2) is 5.43 Å². The first-order valence-corrected chi connectivity index (χ1v) is 10.5. The van der Waals surface area contributed by atoms with Gasteiger partial charge in [-0.05, 0) is 36.4 Å². The number of para-hydroxylation sites is 3. The highest BCUT2D eigenvalue weighted by Gasteiger charge is 2.16. The molecule has 0 aliphatic rings. The quantitative estimate of drug-likeness (QED) is 0.410. The molecule has 0 radical (unpaired) electrons. The minimum absolute atomic E-state index is 0.00673. The van der Waals surface area contributed by atoms with Gasteiger partial charge in [0.1, 0.15) is 11.6 Å². The molecule has 0 unspecified atom stereocenters. The Morgan fingerprint density at radius 1 is 0.933 bits per heavy atom. The first kappa shape index (κ1) is 18.5. The van der Waals surface area contributed by atoms with E-state index >= 15 is 0 Å². The van der Waals surface area contributed by atoms with Gasteiger partial charge in [-0.1, -0.05) is 36.4 Å². The zero-order chi connectivity index (χ0) is 20.7. The van der Waals surface area contributed by atoms with Crippen LogP contribution in [0.15, 0.2) is 77.6 Å². The van der Waals surface area contributed by atoms with Crippen molar-refractivity contribution in [3.05, 3.63) is 88.0 Å². The fourth-order valence-electron chi connectivity index (χ4n) is 3.78. The number of thiazole rings is 1. The molecule has 5 rings (SSSR count). The van der Waals surface area contributed by atoms with Gasteiger partial charge in [0.05, 0.1) is 27.8 Å². The molecule has 0 saturated carbocycles. The number of hydrogen-bond acceptors (Lipinski definition) is 4. The number of carbonyl (C=O) groups excluding carboxylic acids is 1. The zero-order valence-corrected chi connectivity index (χ0v) is 17.2.